The van der Waals surface area contributed by atoms with Crippen LogP contribution in [0.2, 0.25) is 0 Å². The first-order valence-corrected chi connectivity index (χ1v) is 5.81. The van der Waals surface area contributed by atoms with Crippen molar-refractivity contribution >= 4 is 11.8 Å². The van der Waals surface area contributed by atoms with Crippen LogP contribution in [0.3, 0.4) is 0 Å². The molecule has 0 radical (unpaired) electrons. The van der Waals surface area contributed by atoms with Crippen LogP contribution in [-0.4, -0.2) is 37.0 Å². The highest BCUT2D eigenvalue weighted by Gasteiger charge is 2.14. The number of nitrogens with one attached hydrogen (secondary N) is 3. The van der Waals surface area contributed by atoms with Gasteiger partial charge in [-0.2, -0.15) is 0 Å². The molecule has 0 bridgehead atoms. The predicted molar refractivity (Wildman–Crippen MR) is 64.0 cm³/mol. The molecule has 0 aromatic carbocycles. The van der Waals surface area contributed by atoms with Crippen LogP contribution in [0.1, 0.15) is 34.1 Å². The van der Waals surface area contributed by atoms with Crippen molar-refractivity contribution in [3.8, 4) is 0 Å². The zero-order valence-corrected chi connectivity index (χ0v) is 10.6. The van der Waals surface area contributed by atoms with E-state index < -0.39 is 0 Å². The molecule has 0 rings (SSSR count). The van der Waals surface area contributed by atoms with E-state index in [9.17, 15) is 9.59 Å². The minimum Gasteiger partial charge on any atom is -0.355 e. The second-order valence-corrected chi connectivity index (χ2v) is 3.87. The third kappa shape index (κ3) is 6.40. The first-order chi connectivity index (χ1) is 7.51. The van der Waals surface area contributed by atoms with Gasteiger partial charge >= 0.3 is 0 Å². The minimum absolute atomic E-state index is 0.0707. The van der Waals surface area contributed by atoms with Gasteiger partial charge in [-0.15, -0.1) is 0 Å². The summed E-state index contributed by atoms with van der Waals surface area (Å²) in [5.74, 6) is -0.163. The summed E-state index contributed by atoms with van der Waals surface area (Å²) in [4.78, 5) is 22.7. The molecule has 16 heavy (non-hydrogen) atoms. The molecular weight excluding hydrogens is 206 g/mol. The van der Waals surface area contributed by atoms with Crippen LogP contribution < -0.4 is 16.0 Å². The molecule has 2 atom stereocenters. The van der Waals surface area contributed by atoms with Gasteiger partial charge in [0.15, 0.2) is 0 Å². The van der Waals surface area contributed by atoms with E-state index in [-0.39, 0.29) is 30.4 Å². The average Bonchev–Trinajstić information content (AvgIpc) is 2.25. The van der Waals surface area contributed by atoms with Gasteiger partial charge in [0.2, 0.25) is 11.8 Å². The Bertz CT molecular complexity index is 231. The highest BCUT2D eigenvalue weighted by atomic mass is 16.2. The van der Waals surface area contributed by atoms with Crippen LogP contribution >= 0.6 is 0 Å². The molecule has 0 aromatic rings. The highest BCUT2D eigenvalue weighted by Crippen LogP contribution is 1.90. The Morgan fingerprint density at radius 1 is 1.19 bits per heavy atom. The van der Waals surface area contributed by atoms with E-state index in [1.165, 1.54) is 0 Å². The van der Waals surface area contributed by atoms with Gasteiger partial charge in [0, 0.05) is 12.6 Å². The molecule has 0 spiro atoms. The maximum Gasteiger partial charge on any atom is 0.237 e. The summed E-state index contributed by atoms with van der Waals surface area (Å²) in [7, 11) is 0. The summed E-state index contributed by atoms with van der Waals surface area (Å²) in [6.07, 6.45) is 0.898. The monoisotopic (exact) mass is 229 g/mol. The molecule has 2 unspecified atom stereocenters. The summed E-state index contributed by atoms with van der Waals surface area (Å²) >= 11 is 0. The molecule has 0 aliphatic heterocycles. The maximum absolute atomic E-state index is 11.6. The lowest BCUT2D eigenvalue weighted by Gasteiger charge is -2.17. The number of rotatable bonds is 7. The Balaban J connectivity index is 3.83. The SMILES string of the molecule is CCNC(=O)CNC(C)C(=O)NC(C)CC. The minimum atomic E-state index is -0.350. The van der Waals surface area contributed by atoms with Crippen molar-refractivity contribution in [1.29, 1.82) is 0 Å². The molecule has 0 fully saturated rings. The van der Waals surface area contributed by atoms with Crippen molar-refractivity contribution in [2.75, 3.05) is 13.1 Å². The lowest BCUT2D eigenvalue weighted by atomic mass is 10.2. The Hall–Kier alpha value is -1.10. The van der Waals surface area contributed by atoms with Crippen LogP contribution in [0.4, 0.5) is 0 Å². The quantitative estimate of drug-likeness (QED) is 0.576. The van der Waals surface area contributed by atoms with Gasteiger partial charge in [-0.3, -0.25) is 14.9 Å². The van der Waals surface area contributed by atoms with Crippen LogP contribution in [0, 0.1) is 0 Å². The van der Waals surface area contributed by atoms with Crippen molar-refractivity contribution in [3.63, 3.8) is 0 Å². The van der Waals surface area contributed by atoms with E-state index in [1.807, 2.05) is 20.8 Å². The van der Waals surface area contributed by atoms with Gasteiger partial charge in [-0.1, -0.05) is 6.92 Å². The first-order valence-electron chi connectivity index (χ1n) is 5.81. The molecule has 0 saturated carbocycles. The molecule has 0 saturated heterocycles. The van der Waals surface area contributed by atoms with Crippen LogP contribution in [0.15, 0.2) is 0 Å². The molecular formula is C11H23N3O2. The fourth-order valence-corrected chi connectivity index (χ4v) is 1.07. The normalized spacial score (nSPS) is 14.0. The Morgan fingerprint density at radius 3 is 2.31 bits per heavy atom. The van der Waals surface area contributed by atoms with E-state index in [2.05, 4.69) is 16.0 Å². The predicted octanol–water partition coefficient (Wildman–Crippen LogP) is 0.0153. The van der Waals surface area contributed by atoms with Crippen molar-refractivity contribution < 1.29 is 9.59 Å². The maximum atomic E-state index is 11.6. The average molecular weight is 229 g/mol. The number of carbonyl (C=O) groups is 2. The summed E-state index contributed by atoms with van der Waals surface area (Å²) in [6.45, 7) is 8.34. The molecule has 0 aromatic heterocycles. The molecule has 3 N–H and O–H groups in total. The number of carbonyl (C=O) groups excluding carboxylic acids is 2. The lowest BCUT2D eigenvalue weighted by molar-refractivity contribution is -0.124. The van der Waals surface area contributed by atoms with Crippen LogP contribution in [0.25, 0.3) is 0 Å². The second kappa shape index (κ2) is 8.10. The van der Waals surface area contributed by atoms with E-state index in [4.69, 9.17) is 0 Å². The van der Waals surface area contributed by atoms with Gasteiger partial charge in [-0.25, -0.2) is 0 Å². The summed E-state index contributed by atoms with van der Waals surface area (Å²) in [6, 6.07) is -0.183. The Morgan fingerprint density at radius 2 is 1.81 bits per heavy atom. The zero-order chi connectivity index (χ0) is 12.6. The van der Waals surface area contributed by atoms with Crippen molar-refractivity contribution in [1.82, 2.24) is 16.0 Å². The fraction of sp³-hybridized carbons (Fsp3) is 0.818. The number of hydrogen-bond acceptors (Lipinski definition) is 3. The van der Waals surface area contributed by atoms with E-state index in [1.54, 1.807) is 6.92 Å². The molecule has 0 aliphatic carbocycles. The summed E-state index contributed by atoms with van der Waals surface area (Å²) < 4.78 is 0. The van der Waals surface area contributed by atoms with Gasteiger partial charge < -0.3 is 10.6 Å². The highest BCUT2D eigenvalue weighted by molar-refractivity contribution is 5.83. The van der Waals surface area contributed by atoms with Gasteiger partial charge in [0.05, 0.1) is 12.6 Å². The van der Waals surface area contributed by atoms with Gasteiger partial charge in [-0.05, 0) is 27.2 Å². The van der Waals surface area contributed by atoms with E-state index in [0.29, 0.717) is 6.54 Å². The number of hydrogen-bond donors (Lipinski definition) is 3. The van der Waals surface area contributed by atoms with Gasteiger partial charge in [0.1, 0.15) is 0 Å². The third-order valence-corrected chi connectivity index (χ3v) is 2.34. The molecule has 0 heterocycles. The summed E-state index contributed by atoms with van der Waals surface area (Å²) in [5.41, 5.74) is 0. The first kappa shape index (κ1) is 14.9. The zero-order valence-electron chi connectivity index (χ0n) is 10.6. The third-order valence-electron chi connectivity index (χ3n) is 2.34. The van der Waals surface area contributed by atoms with Crippen LogP contribution in [-0.2, 0) is 9.59 Å². The van der Waals surface area contributed by atoms with Crippen molar-refractivity contribution in [2.45, 2.75) is 46.2 Å². The molecule has 5 nitrogen and oxygen atoms in total. The molecule has 5 heteroatoms. The fourth-order valence-electron chi connectivity index (χ4n) is 1.07. The second-order valence-electron chi connectivity index (χ2n) is 3.87. The van der Waals surface area contributed by atoms with E-state index >= 15 is 0 Å². The molecule has 0 aliphatic rings. The molecule has 94 valence electrons. The van der Waals surface area contributed by atoms with E-state index in [0.717, 1.165) is 6.42 Å². The standard InChI is InChI=1S/C11H23N3O2/c1-5-8(3)14-11(16)9(4)13-7-10(15)12-6-2/h8-9,13H,5-7H2,1-4H3,(H,12,15)(H,14,16). The topological polar surface area (TPSA) is 70.2 Å². The largest absolute Gasteiger partial charge is 0.355 e. The van der Waals surface area contributed by atoms with Crippen molar-refractivity contribution in [3.05, 3.63) is 0 Å². The smallest absolute Gasteiger partial charge is 0.237 e. The van der Waals surface area contributed by atoms with Gasteiger partial charge in [0.25, 0.3) is 0 Å². The van der Waals surface area contributed by atoms with Crippen molar-refractivity contribution in [2.24, 2.45) is 0 Å². The Labute approximate surface area is 97.4 Å². The lowest BCUT2D eigenvalue weighted by Crippen LogP contribution is -2.48. The Kier molecular flexibility index (Phi) is 7.54. The van der Waals surface area contributed by atoms with Crippen LogP contribution in [0.5, 0.6) is 0 Å². The number of amides is 2. The summed E-state index contributed by atoms with van der Waals surface area (Å²) in [5, 5.41) is 8.38. The molecule has 2 amide bonds. The number of likely N-dealkylation sites (N-methyl/N-ethyl adjacent to an activating group) is 1.